The van der Waals surface area contributed by atoms with E-state index < -0.39 is 10.2 Å². The maximum absolute atomic E-state index is 13.0. The quantitative estimate of drug-likeness (QED) is 0.658. The molecule has 0 unspecified atom stereocenters. The first kappa shape index (κ1) is 24.6. The summed E-state index contributed by atoms with van der Waals surface area (Å²) in [6, 6.07) is 6.94. The van der Waals surface area contributed by atoms with Crippen molar-refractivity contribution in [1.82, 2.24) is 18.4 Å². The van der Waals surface area contributed by atoms with E-state index in [9.17, 15) is 18.0 Å². The molecule has 0 radical (unpaired) electrons. The Morgan fingerprint density at radius 2 is 1.69 bits per heavy atom. The van der Waals surface area contributed by atoms with Crippen LogP contribution in [0, 0.1) is 0 Å². The summed E-state index contributed by atoms with van der Waals surface area (Å²) in [5.74, 6) is -0.313. The van der Waals surface area contributed by atoms with Crippen LogP contribution in [0.1, 0.15) is 42.5 Å². The molecule has 1 aliphatic carbocycles. The number of carbonyl (C=O) groups excluding carboxylic acids is 2. The molecule has 2 fully saturated rings. The monoisotopic (exact) mass is 465 g/mol. The third-order valence-corrected chi connectivity index (χ3v) is 8.32. The topological polar surface area (TPSA) is 93.3 Å². The minimum absolute atomic E-state index is 0.0905. The summed E-state index contributed by atoms with van der Waals surface area (Å²) < 4.78 is 29.1. The Balaban J connectivity index is 1.50. The zero-order chi connectivity index (χ0) is 23.3. The van der Waals surface area contributed by atoms with Gasteiger partial charge >= 0.3 is 0 Å². The second kappa shape index (κ2) is 10.7. The van der Waals surface area contributed by atoms with Gasteiger partial charge in [-0.2, -0.15) is 17.0 Å². The number of carbonyl (C=O) groups is 2. The molecule has 0 atom stereocenters. The minimum Gasteiger partial charge on any atom is -0.345 e. The number of benzene rings is 1. The van der Waals surface area contributed by atoms with Gasteiger partial charge in [-0.05, 0) is 31.0 Å². The van der Waals surface area contributed by atoms with Crippen molar-refractivity contribution in [2.75, 3.05) is 59.2 Å². The van der Waals surface area contributed by atoms with E-state index in [0.717, 1.165) is 25.7 Å². The van der Waals surface area contributed by atoms with Crippen LogP contribution < -0.4 is 5.32 Å². The number of rotatable bonds is 7. The van der Waals surface area contributed by atoms with E-state index in [1.165, 1.54) is 15.6 Å². The standard InChI is InChI=1S/C22H35N5O4S/c1-24(2)22(29)18-8-7-9-19(16-18)23-21(28)17-26-12-14-27(15-13-26)32(30,31)25(3)20-10-5-4-6-11-20/h7-9,16,20H,4-6,10-15,17H2,1-3H3,(H,23,28). The van der Waals surface area contributed by atoms with Crippen LogP contribution in [-0.4, -0.2) is 98.6 Å². The first-order valence-corrected chi connectivity index (χ1v) is 12.6. The van der Waals surface area contributed by atoms with Crippen molar-refractivity contribution in [2.45, 2.75) is 38.1 Å². The predicted octanol–water partition coefficient (Wildman–Crippen LogP) is 1.45. The van der Waals surface area contributed by atoms with Crippen LogP contribution in [-0.2, 0) is 15.0 Å². The second-order valence-corrected chi connectivity index (χ2v) is 10.8. The molecule has 3 rings (SSSR count). The average molecular weight is 466 g/mol. The fourth-order valence-corrected chi connectivity index (χ4v) is 5.90. The molecule has 9 nitrogen and oxygen atoms in total. The highest BCUT2D eigenvalue weighted by molar-refractivity contribution is 7.86. The van der Waals surface area contributed by atoms with Crippen molar-refractivity contribution in [3.8, 4) is 0 Å². The molecule has 1 heterocycles. The molecule has 0 bridgehead atoms. The molecule has 10 heteroatoms. The lowest BCUT2D eigenvalue weighted by molar-refractivity contribution is -0.117. The van der Waals surface area contributed by atoms with E-state index in [2.05, 4.69) is 5.32 Å². The van der Waals surface area contributed by atoms with Gasteiger partial charge in [0, 0.05) is 64.6 Å². The van der Waals surface area contributed by atoms with Gasteiger partial charge in [0.2, 0.25) is 5.91 Å². The molecular weight excluding hydrogens is 430 g/mol. The van der Waals surface area contributed by atoms with Crippen LogP contribution in [0.5, 0.6) is 0 Å². The van der Waals surface area contributed by atoms with Crippen LogP contribution in [0.25, 0.3) is 0 Å². The second-order valence-electron chi connectivity index (χ2n) is 8.82. The summed E-state index contributed by atoms with van der Waals surface area (Å²) in [6.45, 7) is 1.94. The van der Waals surface area contributed by atoms with Crippen LogP contribution in [0.3, 0.4) is 0 Å². The van der Waals surface area contributed by atoms with E-state index in [0.29, 0.717) is 37.4 Å². The van der Waals surface area contributed by atoms with Crippen molar-refractivity contribution in [2.24, 2.45) is 0 Å². The Bertz CT molecular complexity index is 907. The summed E-state index contributed by atoms with van der Waals surface area (Å²) in [4.78, 5) is 28.0. The van der Waals surface area contributed by atoms with E-state index in [1.54, 1.807) is 49.7 Å². The third-order valence-electron chi connectivity index (χ3n) is 6.28. The molecule has 1 N–H and O–H groups in total. The van der Waals surface area contributed by atoms with Crippen LogP contribution >= 0.6 is 0 Å². The van der Waals surface area contributed by atoms with Gasteiger partial charge < -0.3 is 10.2 Å². The summed E-state index contributed by atoms with van der Waals surface area (Å²) in [5.41, 5.74) is 1.08. The first-order chi connectivity index (χ1) is 15.2. The highest BCUT2D eigenvalue weighted by Crippen LogP contribution is 2.25. The SMILES string of the molecule is CN(C)C(=O)c1cccc(NC(=O)CN2CCN(S(=O)(=O)N(C)C3CCCCC3)CC2)c1. The molecule has 0 spiro atoms. The smallest absolute Gasteiger partial charge is 0.282 e. The zero-order valence-corrected chi connectivity index (χ0v) is 20.1. The first-order valence-electron chi connectivity index (χ1n) is 11.3. The molecule has 32 heavy (non-hydrogen) atoms. The van der Waals surface area contributed by atoms with Gasteiger partial charge in [0.25, 0.3) is 16.1 Å². The van der Waals surface area contributed by atoms with Crippen molar-refractivity contribution in [1.29, 1.82) is 0 Å². The van der Waals surface area contributed by atoms with Crippen LogP contribution in [0.15, 0.2) is 24.3 Å². The maximum atomic E-state index is 13.0. The van der Waals surface area contributed by atoms with Crippen LogP contribution in [0.4, 0.5) is 5.69 Å². The number of hydrogen-bond acceptors (Lipinski definition) is 5. The summed E-state index contributed by atoms with van der Waals surface area (Å²) in [6.07, 6.45) is 5.20. The Morgan fingerprint density at radius 1 is 1.03 bits per heavy atom. The molecule has 1 saturated carbocycles. The molecule has 2 aliphatic rings. The molecule has 1 aromatic carbocycles. The predicted molar refractivity (Wildman–Crippen MR) is 125 cm³/mol. The van der Waals surface area contributed by atoms with E-state index in [1.807, 2.05) is 4.90 Å². The number of hydrogen-bond donors (Lipinski definition) is 1. The van der Waals surface area contributed by atoms with Crippen LogP contribution in [0.2, 0.25) is 0 Å². The number of nitrogens with one attached hydrogen (secondary N) is 1. The molecule has 2 amide bonds. The average Bonchev–Trinajstić information content (AvgIpc) is 2.79. The van der Waals surface area contributed by atoms with Crippen molar-refractivity contribution >= 4 is 27.7 Å². The van der Waals surface area contributed by atoms with Gasteiger partial charge in [-0.15, -0.1) is 0 Å². The molecular formula is C22H35N5O4S. The fraction of sp³-hybridized carbons (Fsp3) is 0.636. The summed E-state index contributed by atoms with van der Waals surface area (Å²) in [7, 11) is 1.58. The number of anilines is 1. The number of nitrogens with zero attached hydrogens (tertiary/aromatic N) is 4. The largest absolute Gasteiger partial charge is 0.345 e. The van der Waals surface area contributed by atoms with E-state index in [-0.39, 0.29) is 24.4 Å². The van der Waals surface area contributed by atoms with Gasteiger partial charge in [-0.1, -0.05) is 25.3 Å². The Kier molecular flexibility index (Phi) is 8.26. The van der Waals surface area contributed by atoms with E-state index in [4.69, 9.17) is 0 Å². The molecule has 1 aromatic rings. The lowest BCUT2D eigenvalue weighted by atomic mass is 9.96. The fourth-order valence-electron chi connectivity index (χ4n) is 4.33. The third kappa shape index (κ3) is 6.06. The minimum atomic E-state index is -3.48. The Labute approximate surface area is 191 Å². The lowest BCUT2D eigenvalue weighted by Gasteiger charge is -2.38. The lowest BCUT2D eigenvalue weighted by Crippen LogP contribution is -2.55. The normalized spacial score (nSPS) is 19.1. The highest BCUT2D eigenvalue weighted by atomic mass is 32.2. The van der Waals surface area contributed by atoms with Crippen molar-refractivity contribution in [3.63, 3.8) is 0 Å². The maximum Gasteiger partial charge on any atom is 0.282 e. The molecule has 1 aliphatic heterocycles. The summed E-state index contributed by atoms with van der Waals surface area (Å²) in [5, 5.41) is 2.83. The van der Waals surface area contributed by atoms with Gasteiger partial charge in [0.15, 0.2) is 0 Å². The van der Waals surface area contributed by atoms with Gasteiger partial charge in [0.05, 0.1) is 6.54 Å². The van der Waals surface area contributed by atoms with E-state index >= 15 is 0 Å². The Hall–Kier alpha value is -2.01. The van der Waals surface area contributed by atoms with Gasteiger partial charge in [0.1, 0.15) is 0 Å². The van der Waals surface area contributed by atoms with Gasteiger partial charge in [-0.25, -0.2) is 0 Å². The number of piperazine rings is 1. The Morgan fingerprint density at radius 3 is 2.31 bits per heavy atom. The number of amides is 2. The van der Waals surface area contributed by atoms with Crippen molar-refractivity contribution in [3.05, 3.63) is 29.8 Å². The van der Waals surface area contributed by atoms with Crippen molar-refractivity contribution < 1.29 is 18.0 Å². The molecule has 0 aromatic heterocycles. The highest BCUT2D eigenvalue weighted by Gasteiger charge is 2.34. The molecule has 1 saturated heterocycles. The summed E-state index contributed by atoms with van der Waals surface area (Å²) >= 11 is 0. The zero-order valence-electron chi connectivity index (χ0n) is 19.3. The molecule has 178 valence electrons. The van der Waals surface area contributed by atoms with Gasteiger partial charge in [-0.3, -0.25) is 14.5 Å².